The highest BCUT2D eigenvalue weighted by atomic mass is 31.2. The first kappa shape index (κ1) is 11.9. The Balaban J connectivity index is 3.92. The monoisotopic (exact) mass is 224 g/mol. The third-order valence-corrected chi connectivity index (χ3v) is 1.18. The van der Waals surface area contributed by atoms with Crippen LogP contribution in [-0.2, 0) is 9.05 Å². The van der Waals surface area contributed by atoms with Gasteiger partial charge >= 0.3 is 22.5 Å². The smallest absolute Gasteiger partial charge is 0.197 e. The number of carbonyl (C=O) groups excluding carboxylic acids is 1. The summed E-state index contributed by atoms with van der Waals surface area (Å²) in [6, 6.07) is 0. The van der Waals surface area contributed by atoms with Gasteiger partial charge in [-0.2, -0.15) is 43.2 Å². The zero-order valence-corrected chi connectivity index (χ0v) is 7.09. The van der Waals surface area contributed by atoms with Crippen LogP contribution >= 0.6 is 16.3 Å². The maximum Gasteiger partial charge on any atom is 0.620 e. The summed E-state index contributed by atoms with van der Waals surface area (Å²) in [5.41, 5.74) is 0. The van der Waals surface area contributed by atoms with Crippen molar-refractivity contribution >= 4 is 22.5 Å². The molecule has 11 heteroatoms. The van der Waals surface area contributed by atoms with Crippen molar-refractivity contribution in [2.24, 2.45) is 0 Å². The van der Waals surface area contributed by atoms with Gasteiger partial charge in [-0.25, -0.2) is 0 Å². The second-order valence-electron chi connectivity index (χ2n) is 1.46. The van der Waals surface area contributed by atoms with Crippen molar-refractivity contribution in [1.29, 1.82) is 0 Å². The van der Waals surface area contributed by atoms with Crippen molar-refractivity contribution in [3.63, 3.8) is 0 Å². The molecule has 0 aliphatic heterocycles. The van der Waals surface area contributed by atoms with E-state index >= 15 is 0 Å². The van der Waals surface area contributed by atoms with Crippen LogP contribution in [0.3, 0.4) is 0 Å². The highest BCUT2D eigenvalue weighted by Crippen LogP contribution is 2.51. The van der Waals surface area contributed by atoms with E-state index in [1.807, 2.05) is 0 Å². The largest absolute Gasteiger partial charge is 0.620 e. The van der Waals surface area contributed by atoms with Crippen LogP contribution in [0, 0.1) is 0 Å². The summed E-state index contributed by atoms with van der Waals surface area (Å²) in [4.78, 5) is 58.4. The van der Waals surface area contributed by atoms with Crippen LogP contribution in [-0.4, -0.2) is 35.5 Å². The molecule has 0 fully saturated rings. The Hall–Kier alpha value is -0.110. The summed E-state index contributed by atoms with van der Waals surface area (Å²) in [7, 11) is -9.70. The summed E-state index contributed by atoms with van der Waals surface area (Å²) in [5.74, 6) is 0. The molecule has 0 atom stereocenters. The molecule has 6 N–H and O–H groups in total. The minimum Gasteiger partial charge on any atom is -0.197 e. The van der Waals surface area contributed by atoms with Gasteiger partial charge in [0.1, 0.15) is 0 Å². The standard InChI is InChI=1S/CH6O9P2/c2-1(9-11(3,4)5)10-12(6,7)8/h3-8H/q+2. The molecular formula is CH6O9P2+2. The Morgan fingerprint density at radius 3 is 1.25 bits per heavy atom. The molecule has 0 rings (SSSR count). The summed E-state index contributed by atoms with van der Waals surface area (Å²) < 4.78 is 6.56. The summed E-state index contributed by atoms with van der Waals surface area (Å²) >= 11 is 0. The van der Waals surface area contributed by atoms with E-state index in [2.05, 4.69) is 9.05 Å². The van der Waals surface area contributed by atoms with Gasteiger partial charge in [0, 0.05) is 0 Å². The molecule has 0 saturated carbocycles. The fourth-order valence-corrected chi connectivity index (χ4v) is 0.750. The van der Waals surface area contributed by atoms with Gasteiger partial charge in [-0.1, -0.05) is 0 Å². The van der Waals surface area contributed by atoms with Crippen molar-refractivity contribution in [3.8, 4) is 0 Å². The van der Waals surface area contributed by atoms with Crippen LogP contribution in [0.25, 0.3) is 0 Å². The van der Waals surface area contributed by atoms with Crippen molar-refractivity contribution in [2.75, 3.05) is 0 Å². The lowest BCUT2D eigenvalue weighted by Crippen LogP contribution is -2.09. The van der Waals surface area contributed by atoms with Crippen LogP contribution < -0.4 is 0 Å². The molecule has 0 aliphatic carbocycles. The lowest BCUT2D eigenvalue weighted by atomic mass is 11.5. The lowest BCUT2D eigenvalue weighted by Gasteiger charge is -2.01. The maximum absolute atomic E-state index is 10.1. The molecule has 0 heterocycles. The van der Waals surface area contributed by atoms with Crippen molar-refractivity contribution in [1.82, 2.24) is 0 Å². The molecular weight excluding hydrogens is 218 g/mol. The van der Waals surface area contributed by atoms with E-state index in [9.17, 15) is 4.79 Å². The predicted molar refractivity (Wildman–Crippen MR) is 34.7 cm³/mol. The first-order chi connectivity index (χ1) is 5.10. The third kappa shape index (κ3) is 7.99. The van der Waals surface area contributed by atoms with Crippen LogP contribution in [0.5, 0.6) is 0 Å². The number of hydrogen-bond donors (Lipinski definition) is 6. The zero-order chi connectivity index (χ0) is 9.99. The van der Waals surface area contributed by atoms with E-state index in [0.29, 0.717) is 0 Å². The maximum atomic E-state index is 10.1. The van der Waals surface area contributed by atoms with Gasteiger partial charge in [-0.15, -0.1) is 0 Å². The highest BCUT2D eigenvalue weighted by molar-refractivity contribution is 7.55. The fourth-order valence-electron chi connectivity index (χ4n) is 0.217. The van der Waals surface area contributed by atoms with E-state index < -0.39 is 22.5 Å². The molecule has 12 heavy (non-hydrogen) atoms. The van der Waals surface area contributed by atoms with Gasteiger partial charge in [0.2, 0.25) is 0 Å². The van der Waals surface area contributed by atoms with Gasteiger partial charge in [0.15, 0.2) is 0 Å². The molecule has 0 bridgehead atoms. The highest BCUT2D eigenvalue weighted by Gasteiger charge is 2.47. The van der Waals surface area contributed by atoms with Crippen molar-refractivity contribution in [2.45, 2.75) is 0 Å². The molecule has 0 spiro atoms. The average Bonchev–Trinajstić information content (AvgIpc) is 1.49. The molecule has 0 aromatic heterocycles. The van der Waals surface area contributed by atoms with Gasteiger partial charge < -0.3 is 0 Å². The third-order valence-electron chi connectivity index (χ3n) is 0.394. The summed E-state index contributed by atoms with van der Waals surface area (Å²) in [6.45, 7) is 0. The molecule has 0 aliphatic rings. The zero-order valence-electron chi connectivity index (χ0n) is 5.30. The molecule has 0 radical (unpaired) electrons. The Kier molecular flexibility index (Phi) is 3.70. The van der Waals surface area contributed by atoms with E-state index in [1.54, 1.807) is 0 Å². The first-order valence-electron chi connectivity index (χ1n) is 2.18. The quantitative estimate of drug-likeness (QED) is 0.305. The van der Waals surface area contributed by atoms with E-state index in [1.165, 1.54) is 0 Å². The molecule has 0 saturated heterocycles. The van der Waals surface area contributed by atoms with E-state index in [-0.39, 0.29) is 0 Å². The molecule has 0 unspecified atom stereocenters. The Morgan fingerprint density at radius 1 is 0.833 bits per heavy atom. The minimum absolute atomic E-state index is 2.02. The number of hydrogen-bond acceptors (Lipinski definition) is 9. The summed E-state index contributed by atoms with van der Waals surface area (Å²) in [5, 5.41) is 0. The number of carbonyl (C=O) groups is 1. The molecule has 0 aromatic carbocycles. The van der Waals surface area contributed by atoms with E-state index in [4.69, 9.17) is 29.4 Å². The molecule has 72 valence electrons. The summed E-state index contributed by atoms with van der Waals surface area (Å²) in [6.07, 6.45) is -2.02. The Bertz CT molecular complexity index is 144. The van der Waals surface area contributed by atoms with Gasteiger partial charge in [-0.3, -0.25) is 0 Å². The average molecular weight is 224 g/mol. The van der Waals surface area contributed by atoms with Gasteiger partial charge in [0.25, 0.3) is 0 Å². The second kappa shape index (κ2) is 3.73. The van der Waals surface area contributed by atoms with E-state index in [0.717, 1.165) is 0 Å². The molecule has 0 amide bonds. The van der Waals surface area contributed by atoms with Crippen LogP contribution in [0.2, 0.25) is 0 Å². The van der Waals surface area contributed by atoms with Crippen molar-refractivity contribution < 1.29 is 43.2 Å². The number of rotatable bonds is 2. The fraction of sp³-hybridized carbons (Fsp3) is 0. The Labute approximate surface area is 66.8 Å². The van der Waals surface area contributed by atoms with Gasteiger partial charge in [-0.05, 0) is 0 Å². The first-order valence-corrected chi connectivity index (χ1v) is 5.31. The molecule has 0 aromatic rings. The topological polar surface area (TPSA) is 157 Å². The van der Waals surface area contributed by atoms with Gasteiger partial charge in [0.05, 0.1) is 0 Å². The Morgan fingerprint density at radius 2 is 1.08 bits per heavy atom. The minimum atomic E-state index is -4.85. The second-order valence-corrected chi connectivity index (χ2v) is 3.88. The van der Waals surface area contributed by atoms with Crippen LogP contribution in [0.15, 0.2) is 0 Å². The normalized spacial score (nSPS) is 12.5. The van der Waals surface area contributed by atoms with Crippen LogP contribution in [0.1, 0.15) is 0 Å². The molecule has 9 nitrogen and oxygen atoms in total. The van der Waals surface area contributed by atoms with Crippen LogP contribution in [0.4, 0.5) is 4.79 Å². The SMILES string of the molecule is O=C(O[P+](O)(O)O)O[P+](O)(O)O. The lowest BCUT2D eigenvalue weighted by molar-refractivity contribution is 0.0988. The van der Waals surface area contributed by atoms with Crippen molar-refractivity contribution in [3.05, 3.63) is 0 Å². The predicted octanol–water partition coefficient (Wildman–Crippen LogP) is -1.55.